The molecular weight excluding hydrogens is 406 g/mol. The maximum atomic E-state index is 12.5. The molecule has 1 aromatic heterocycles. The minimum atomic E-state index is -0.612. The third-order valence-electron chi connectivity index (χ3n) is 4.96. The molecule has 0 spiro atoms. The zero-order valence-corrected chi connectivity index (χ0v) is 17.5. The molecule has 3 aromatic rings. The molecule has 2 aromatic carbocycles. The molecule has 1 amide bonds. The molecule has 0 saturated carbocycles. The summed E-state index contributed by atoms with van der Waals surface area (Å²) in [5.41, 5.74) is 1.30. The van der Waals surface area contributed by atoms with E-state index in [4.69, 9.17) is 13.9 Å². The molecule has 0 N–H and O–H groups in total. The van der Waals surface area contributed by atoms with Gasteiger partial charge in [0.1, 0.15) is 11.5 Å². The number of carbonyl (C=O) groups excluding carboxylic acids is 1. The van der Waals surface area contributed by atoms with Crippen LogP contribution in [0.25, 0.3) is 11.1 Å². The van der Waals surface area contributed by atoms with Crippen molar-refractivity contribution in [1.29, 1.82) is 0 Å². The van der Waals surface area contributed by atoms with E-state index in [2.05, 4.69) is 0 Å². The monoisotopic (exact) mass is 429 g/mol. The Morgan fingerprint density at radius 1 is 1.19 bits per heavy atom. The van der Waals surface area contributed by atoms with Crippen LogP contribution < -0.4 is 15.2 Å². The van der Waals surface area contributed by atoms with Crippen molar-refractivity contribution in [3.8, 4) is 11.5 Å². The quantitative estimate of drug-likeness (QED) is 0.379. The van der Waals surface area contributed by atoms with Crippen molar-refractivity contribution in [2.45, 2.75) is 25.9 Å². The van der Waals surface area contributed by atoms with Crippen molar-refractivity contribution in [1.82, 2.24) is 9.47 Å². The van der Waals surface area contributed by atoms with E-state index < -0.39 is 10.7 Å². The molecule has 3 rings (SSSR count). The summed E-state index contributed by atoms with van der Waals surface area (Å²) >= 11 is 0. The number of benzene rings is 2. The van der Waals surface area contributed by atoms with Crippen molar-refractivity contribution in [3.63, 3.8) is 0 Å². The SMILES string of the molecule is COc1ccc(CN(C)C(=O)CCCn2c(=O)oc3cc([N+](=O)[O-])ccc32)c(OC)c1. The largest absolute Gasteiger partial charge is 0.497 e. The molecule has 0 aliphatic rings. The Labute approximate surface area is 177 Å². The normalized spacial score (nSPS) is 10.8. The van der Waals surface area contributed by atoms with Crippen LogP contribution in [0.5, 0.6) is 11.5 Å². The summed E-state index contributed by atoms with van der Waals surface area (Å²) in [6.45, 7) is 0.624. The summed E-state index contributed by atoms with van der Waals surface area (Å²) < 4.78 is 17.0. The molecular formula is C21H23N3O7. The number of nitro groups is 1. The molecule has 0 aliphatic heterocycles. The fraction of sp³-hybridized carbons (Fsp3) is 0.333. The number of aromatic nitrogens is 1. The molecule has 0 fully saturated rings. The van der Waals surface area contributed by atoms with E-state index >= 15 is 0 Å². The molecule has 0 radical (unpaired) electrons. The van der Waals surface area contributed by atoms with Crippen LogP contribution in [0, 0.1) is 10.1 Å². The number of methoxy groups -OCH3 is 2. The van der Waals surface area contributed by atoms with Gasteiger partial charge in [-0.15, -0.1) is 0 Å². The standard InChI is InChI=1S/C21H23N3O7/c1-22(13-14-6-8-16(29-2)12-18(14)30-3)20(25)5-4-10-23-17-9-7-15(24(27)28)11-19(17)31-21(23)26/h6-9,11-12H,4-5,10,13H2,1-3H3. The van der Waals surface area contributed by atoms with Gasteiger partial charge in [0.25, 0.3) is 5.69 Å². The maximum Gasteiger partial charge on any atom is 0.419 e. The van der Waals surface area contributed by atoms with Crippen LogP contribution in [0.15, 0.2) is 45.6 Å². The number of fused-ring (bicyclic) bond motifs is 1. The van der Waals surface area contributed by atoms with Gasteiger partial charge in [-0.3, -0.25) is 19.5 Å². The van der Waals surface area contributed by atoms with E-state index in [1.807, 2.05) is 6.07 Å². The highest BCUT2D eigenvalue weighted by atomic mass is 16.6. The second-order valence-electron chi connectivity index (χ2n) is 6.96. The van der Waals surface area contributed by atoms with Gasteiger partial charge in [0, 0.05) is 44.3 Å². The Kier molecular flexibility index (Phi) is 6.58. The predicted molar refractivity (Wildman–Crippen MR) is 112 cm³/mol. The first-order chi connectivity index (χ1) is 14.8. The highest BCUT2D eigenvalue weighted by molar-refractivity contribution is 5.77. The molecule has 0 unspecified atom stereocenters. The van der Waals surface area contributed by atoms with Crippen molar-refractivity contribution in [2.24, 2.45) is 0 Å². The molecule has 164 valence electrons. The zero-order valence-electron chi connectivity index (χ0n) is 17.5. The first kappa shape index (κ1) is 21.9. The Morgan fingerprint density at radius 3 is 2.65 bits per heavy atom. The van der Waals surface area contributed by atoms with Crippen molar-refractivity contribution < 1.29 is 23.6 Å². The van der Waals surface area contributed by atoms with Gasteiger partial charge in [-0.2, -0.15) is 0 Å². The molecule has 31 heavy (non-hydrogen) atoms. The van der Waals surface area contributed by atoms with Gasteiger partial charge in [-0.25, -0.2) is 4.79 Å². The third kappa shape index (κ3) is 4.85. The Balaban J connectivity index is 1.62. The summed E-state index contributed by atoms with van der Waals surface area (Å²) in [5, 5.41) is 10.9. The molecule has 1 heterocycles. The van der Waals surface area contributed by atoms with Gasteiger partial charge < -0.3 is 18.8 Å². The lowest BCUT2D eigenvalue weighted by Crippen LogP contribution is -2.26. The van der Waals surface area contributed by atoms with Crippen LogP contribution in [0.4, 0.5) is 5.69 Å². The van der Waals surface area contributed by atoms with Gasteiger partial charge in [0.05, 0.1) is 30.7 Å². The Morgan fingerprint density at radius 2 is 1.97 bits per heavy atom. The van der Waals surface area contributed by atoms with Crippen LogP contribution in [-0.2, 0) is 17.9 Å². The fourth-order valence-corrected chi connectivity index (χ4v) is 3.29. The highest BCUT2D eigenvalue weighted by Crippen LogP contribution is 2.26. The smallest absolute Gasteiger partial charge is 0.419 e. The average molecular weight is 429 g/mol. The van der Waals surface area contributed by atoms with E-state index in [1.54, 1.807) is 38.3 Å². The summed E-state index contributed by atoms with van der Waals surface area (Å²) in [7, 11) is 4.83. The van der Waals surface area contributed by atoms with E-state index in [0.29, 0.717) is 30.0 Å². The van der Waals surface area contributed by atoms with E-state index in [9.17, 15) is 19.7 Å². The summed E-state index contributed by atoms with van der Waals surface area (Å²) in [5.74, 6) is 0.593. The number of carbonyl (C=O) groups is 1. The minimum Gasteiger partial charge on any atom is -0.497 e. The third-order valence-corrected chi connectivity index (χ3v) is 4.96. The van der Waals surface area contributed by atoms with Gasteiger partial charge in [-0.05, 0) is 24.6 Å². The van der Waals surface area contributed by atoms with Crippen LogP contribution >= 0.6 is 0 Å². The second-order valence-corrected chi connectivity index (χ2v) is 6.96. The number of amides is 1. The fourth-order valence-electron chi connectivity index (χ4n) is 3.29. The average Bonchev–Trinajstić information content (AvgIpc) is 3.08. The maximum absolute atomic E-state index is 12.5. The predicted octanol–water partition coefficient (Wildman–Crippen LogP) is 2.96. The lowest BCUT2D eigenvalue weighted by Gasteiger charge is -2.19. The van der Waals surface area contributed by atoms with E-state index in [0.717, 1.165) is 5.56 Å². The first-order valence-corrected chi connectivity index (χ1v) is 9.56. The minimum absolute atomic E-state index is 0.0886. The Bertz CT molecular complexity index is 1170. The molecule has 0 saturated heterocycles. The van der Waals surface area contributed by atoms with Gasteiger partial charge in [-0.1, -0.05) is 0 Å². The molecule has 0 atom stereocenters. The lowest BCUT2D eigenvalue weighted by atomic mass is 10.1. The van der Waals surface area contributed by atoms with Crippen LogP contribution in [0.3, 0.4) is 0 Å². The van der Waals surface area contributed by atoms with Crippen LogP contribution in [0.2, 0.25) is 0 Å². The molecule has 10 heteroatoms. The molecule has 0 bridgehead atoms. The number of hydrogen-bond donors (Lipinski definition) is 0. The van der Waals surface area contributed by atoms with Crippen molar-refractivity contribution in [3.05, 3.63) is 62.6 Å². The summed E-state index contributed by atoms with van der Waals surface area (Å²) in [4.78, 5) is 36.5. The molecule has 0 aliphatic carbocycles. The van der Waals surface area contributed by atoms with Crippen molar-refractivity contribution >= 4 is 22.7 Å². The van der Waals surface area contributed by atoms with Crippen LogP contribution in [0.1, 0.15) is 18.4 Å². The van der Waals surface area contributed by atoms with Crippen LogP contribution in [-0.4, -0.2) is 41.6 Å². The highest BCUT2D eigenvalue weighted by Gasteiger charge is 2.16. The number of ether oxygens (including phenoxy) is 2. The van der Waals surface area contributed by atoms with E-state index in [1.165, 1.54) is 22.8 Å². The lowest BCUT2D eigenvalue weighted by molar-refractivity contribution is -0.384. The first-order valence-electron chi connectivity index (χ1n) is 9.56. The van der Waals surface area contributed by atoms with Crippen molar-refractivity contribution in [2.75, 3.05) is 21.3 Å². The summed E-state index contributed by atoms with van der Waals surface area (Å²) in [6, 6.07) is 9.41. The number of hydrogen-bond acceptors (Lipinski definition) is 7. The van der Waals surface area contributed by atoms with E-state index in [-0.39, 0.29) is 30.1 Å². The summed E-state index contributed by atoms with van der Waals surface area (Å²) in [6.07, 6.45) is 0.634. The van der Waals surface area contributed by atoms with Gasteiger partial charge >= 0.3 is 5.76 Å². The van der Waals surface area contributed by atoms with Gasteiger partial charge in [0.2, 0.25) is 5.91 Å². The topological polar surface area (TPSA) is 117 Å². The number of aryl methyl sites for hydroxylation is 1. The number of nitrogens with zero attached hydrogens (tertiary/aromatic N) is 3. The number of non-ortho nitro benzene ring substituents is 1. The number of oxazole rings is 1. The second kappa shape index (κ2) is 9.33. The Hall–Kier alpha value is -3.82. The molecule has 10 nitrogen and oxygen atoms in total. The van der Waals surface area contributed by atoms with Gasteiger partial charge in [0.15, 0.2) is 5.58 Å². The number of rotatable bonds is 9. The zero-order chi connectivity index (χ0) is 22.5. The number of nitro benzene ring substituents is 1.